The van der Waals surface area contributed by atoms with Crippen LogP contribution < -0.4 is 0 Å². The molecule has 3 heteroatoms. The summed E-state index contributed by atoms with van der Waals surface area (Å²) in [7, 11) is 0. The molecule has 1 saturated heterocycles. The molecule has 1 fully saturated rings. The van der Waals surface area contributed by atoms with Gasteiger partial charge in [-0.15, -0.1) is 6.58 Å². The van der Waals surface area contributed by atoms with E-state index in [0.717, 1.165) is 43.5 Å². The summed E-state index contributed by atoms with van der Waals surface area (Å²) in [5, 5.41) is 0.740. The number of benzene rings is 1. The van der Waals surface area contributed by atoms with Crippen molar-refractivity contribution in [1.82, 2.24) is 4.90 Å². The van der Waals surface area contributed by atoms with E-state index in [2.05, 4.69) is 44.4 Å². The Labute approximate surface area is 151 Å². The summed E-state index contributed by atoms with van der Waals surface area (Å²) < 4.78 is 0. The quantitative estimate of drug-likeness (QED) is 0.540. The van der Waals surface area contributed by atoms with Crippen LogP contribution in [-0.2, 0) is 4.79 Å². The second-order valence-corrected chi connectivity index (χ2v) is 7.35. The molecule has 1 aromatic carbocycles. The van der Waals surface area contributed by atoms with E-state index in [4.69, 9.17) is 11.6 Å². The van der Waals surface area contributed by atoms with Gasteiger partial charge in [0.25, 0.3) is 0 Å². The molecule has 0 spiro atoms. The Kier molecular flexibility index (Phi) is 6.51. The zero-order valence-corrected chi connectivity index (χ0v) is 16.0. The molecule has 0 aromatic heterocycles. The van der Waals surface area contributed by atoms with Crippen molar-refractivity contribution < 1.29 is 4.79 Å². The first-order chi connectivity index (χ1) is 11.5. The standard InChI is InChI=1S/C21H30ClNO/c1-5-14-21(8-4)15-13-19(16-9-11-17(22)12-10-16)23(20(21)24)18(6-2)7-3/h5,9-12,18-19H,1,6-8,13-15H2,2-4H3. The molecule has 2 rings (SSSR count). The molecule has 1 aromatic rings. The van der Waals surface area contributed by atoms with Crippen molar-refractivity contribution in [3.05, 3.63) is 47.5 Å². The van der Waals surface area contributed by atoms with E-state index in [0.29, 0.717) is 5.91 Å². The fraction of sp³-hybridized carbons (Fsp3) is 0.571. The van der Waals surface area contributed by atoms with Crippen molar-refractivity contribution in [3.8, 4) is 0 Å². The van der Waals surface area contributed by atoms with Gasteiger partial charge in [0.2, 0.25) is 5.91 Å². The van der Waals surface area contributed by atoms with Gasteiger partial charge in [0.05, 0.1) is 11.5 Å². The number of likely N-dealkylation sites (tertiary alicyclic amines) is 1. The summed E-state index contributed by atoms with van der Waals surface area (Å²) in [6, 6.07) is 8.44. The number of carbonyl (C=O) groups is 1. The molecular formula is C21H30ClNO. The highest BCUT2D eigenvalue weighted by Crippen LogP contribution is 2.46. The van der Waals surface area contributed by atoms with Gasteiger partial charge in [-0.3, -0.25) is 4.79 Å². The highest BCUT2D eigenvalue weighted by molar-refractivity contribution is 6.30. The number of rotatable bonds is 7. The average Bonchev–Trinajstić information content (AvgIpc) is 2.60. The maximum absolute atomic E-state index is 13.5. The van der Waals surface area contributed by atoms with Gasteiger partial charge in [-0.25, -0.2) is 0 Å². The summed E-state index contributed by atoms with van der Waals surface area (Å²) in [4.78, 5) is 15.7. The molecule has 1 aliphatic rings. The minimum Gasteiger partial charge on any atom is -0.332 e. The highest BCUT2D eigenvalue weighted by Gasteiger charge is 2.47. The molecule has 0 radical (unpaired) electrons. The Balaban J connectivity index is 2.43. The Morgan fingerprint density at radius 2 is 1.92 bits per heavy atom. The van der Waals surface area contributed by atoms with Crippen molar-refractivity contribution in [2.24, 2.45) is 5.41 Å². The number of hydrogen-bond acceptors (Lipinski definition) is 1. The number of piperidine rings is 1. The zero-order chi connectivity index (χ0) is 17.7. The summed E-state index contributed by atoms with van der Waals surface area (Å²) in [6.07, 6.45) is 7.47. The molecule has 0 aliphatic carbocycles. The lowest BCUT2D eigenvalue weighted by atomic mass is 9.71. The number of amides is 1. The lowest BCUT2D eigenvalue weighted by molar-refractivity contribution is -0.154. The van der Waals surface area contributed by atoms with Crippen LogP contribution in [0.5, 0.6) is 0 Å². The predicted molar refractivity (Wildman–Crippen MR) is 102 cm³/mol. The van der Waals surface area contributed by atoms with E-state index >= 15 is 0 Å². The van der Waals surface area contributed by atoms with Crippen LogP contribution >= 0.6 is 11.6 Å². The fourth-order valence-corrected chi connectivity index (χ4v) is 4.25. The lowest BCUT2D eigenvalue weighted by Crippen LogP contribution is -2.53. The van der Waals surface area contributed by atoms with Crippen molar-refractivity contribution in [2.75, 3.05) is 0 Å². The summed E-state index contributed by atoms with van der Waals surface area (Å²) in [5.41, 5.74) is 0.927. The van der Waals surface area contributed by atoms with Gasteiger partial charge in [0, 0.05) is 11.1 Å². The van der Waals surface area contributed by atoms with Crippen molar-refractivity contribution in [1.29, 1.82) is 0 Å². The van der Waals surface area contributed by atoms with Gasteiger partial charge >= 0.3 is 0 Å². The third-order valence-electron chi connectivity index (χ3n) is 5.72. The first-order valence-corrected chi connectivity index (χ1v) is 9.59. The highest BCUT2D eigenvalue weighted by atomic mass is 35.5. The van der Waals surface area contributed by atoms with Crippen molar-refractivity contribution in [2.45, 2.75) is 71.4 Å². The lowest BCUT2D eigenvalue weighted by Gasteiger charge is -2.49. The second-order valence-electron chi connectivity index (χ2n) is 6.92. The van der Waals surface area contributed by atoms with Gasteiger partial charge in [0.1, 0.15) is 0 Å². The molecule has 1 aliphatic heterocycles. The molecule has 0 saturated carbocycles. The van der Waals surface area contributed by atoms with E-state index in [1.165, 1.54) is 5.56 Å². The number of nitrogens with zero attached hydrogens (tertiary/aromatic N) is 1. The van der Waals surface area contributed by atoms with Crippen LogP contribution in [-0.4, -0.2) is 16.8 Å². The third-order valence-corrected chi connectivity index (χ3v) is 5.97. The molecule has 1 amide bonds. The molecule has 2 atom stereocenters. The van der Waals surface area contributed by atoms with E-state index in [1.54, 1.807) is 0 Å². The number of carbonyl (C=O) groups excluding carboxylic acids is 1. The minimum atomic E-state index is -0.271. The number of allylic oxidation sites excluding steroid dienone is 1. The fourth-order valence-electron chi connectivity index (χ4n) is 4.13. The van der Waals surface area contributed by atoms with Crippen LogP contribution in [0.1, 0.15) is 70.9 Å². The van der Waals surface area contributed by atoms with E-state index in [-0.39, 0.29) is 17.5 Å². The van der Waals surface area contributed by atoms with Crippen LogP contribution in [0.15, 0.2) is 36.9 Å². The average molecular weight is 348 g/mol. The maximum atomic E-state index is 13.5. The largest absolute Gasteiger partial charge is 0.332 e. The molecule has 24 heavy (non-hydrogen) atoms. The molecule has 0 bridgehead atoms. The van der Waals surface area contributed by atoms with Gasteiger partial charge in [0.15, 0.2) is 0 Å². The first-order valence-electron chi connectivity index (χ1n) is 9.22. The van der Waals surface area contributed by atoms with Crippen LogP contribution in [0.2, 0.25) is 5.02 Å². The van der Waals surface area contributed by atoms with Crippen LogP contribution in [0, 0.1) is 5.41 Å². The maximum Gasteiger partial charge on any atom is 0.229 e. The van der Waals surface area contributed by atoms with Crippen LogP contribution in [0.4, 0.5) is 0 Å². The van der Waals surface area contributed by atoms with Gasteiger partial charge in [-0.05, 0) is 56.2 Å². The van der Waals surface area contributed by atoms with Crippen molar-refractivity contribution >= 4 is 17.5 Å². The SMILES string of the molecule is C=CCC1(CC)CCC(c2ccc(Cl)cc2)N(C(CC)CC)C1=O. The minimum absolute atomic E-state index is 0.157. The summed E-state index contributed by atoms with van der Waals surface area (Å²) in [6.45, 7) is 10.4. The smallest absolute Gasteiger partial charge is 0.229 e. The predicted octanol–water partition coefficient (Wildman–Crippen LogP) is 6.16. The van der Waals surface area contributed by atoms with E-state index < -0.39 is 0 Å². The van der Waals surface area contributed by atoms with E-state index in [9.17, 15) is 4.79 Å². The molecule has 0 N–H and O–H groups in total. The van der Waals surface area contributed by atoms with E-state index in [1.807, 2.05) is 18.2 Å². The number of hydrogen-bond donors (Lipinski definition) is 0. The monoisotopic (exact) mass is 347 g/mol. The third kappa shape index (κ3) is 3.54. The van der Waals surface area contributed by atoms with Gasteiger partial charge in [-0.2, -0.15) is 0 Å². The Morgan fingerprint density at radius 1 is 1.29 bits per heavy atom. The second kappa shape index (κ2) is 8.20. The van der Waals surface area contributed by atoms with Crippen LogP contribution in [0.25, 0.3) is 0 Å². The Hall–Kier alpha value is -1.28. The summed E-state index contributed by atoms with van der Waals surface area (Å²) >= 11 is 6.05. The first kappa shape index (κ1) is 19.1. The number of halogens is 1. The molecule has 132 valence electrons. The van der Waals surface area contributed by atoms with Gasteiger partial charge < -0.3 is 4.90 Å². The topological polar surface area (TPSA) is 20.3 Å². The molecule has 2 unspecified atom stereocenters. The normalized spacial score (nSPS) is 24.5. The summed E-state index contributed by atoms with van der Waals surface area (Å²) in [5.74, 6) is 0.310. The van der Waals surface area contributed by atoms with Gasteiger partial charge in [-0.1, -0.05) is 50.6 Å². The molecular weight excluding hydrogens is 318 g/mol. The molecule has 1 heterocycles. The Bertz CT molecular complexity index is 564. The van der Waals surface area contributed by atoms with Crippen LogP contribution in [0.3, 0.4) is 0 Å². The molecule has 2 nitrogen and oxygen atoms in total. The Morgan fingerprint density at radius 3 is 2.42 bits per heavy atom. The van der Waals surface area contributed by atoms with Crippen molar-refractivity contribution in [3.63, 3.8) is 0 Å². The zero-order valence-electron chi connectivity index (χ0n) is 15.2.